The molecule has 16 heavy (non-hydrogen) atoms. The van der Waals surface area contributed by atoms with Crippen LogP contribution in [0.15, 0.2) is 0 Å². The van der Waals surface area contributed by atoms with E-state index in [2.05, 4.69) is 5.32 Å². The Morgan fingerprint density at radius 2 is 1.94 bits per heavy atom. The highest BCUT2D eigenvalue weighted by atomic mass is 16.6. The first kappa shape index (κ1) is 13.2. The van der Waals surface area contributed by atoms with Crippen LogP contribution in [0.4, 0.5) is 0 Å². The molecule has 2 N–H and O–H groups in total. The van der Waals surface area contributed by atoms with E-state index in [1.165, 1.54) is 0 Å². The molecule has 1 aliphatic heterocycles. The molecule has 0 atom stereocenters. The topological polar surface area (TPSA) is 62.2 Å². The molecule has 0 bridgehead atoms. The Morgan fingerprint density at radius 3 is 2.44 bits per heavy atom. The van der Waals surface area contributed by atoms with E-state index in [0.29, 0.717) is 12.3 Å². The van der Waals surface area contributed by atoms with Crippen molar-refractivity contribution >= 4 is 11.7 Å². The summed E-state index contributed by atoms with van der Waals surface area (Å²) in [7, 11) is 0. The molecule has 1 aliphatic rings. The second kappa shape index (κ2) is 5.43. The molecular weight excluding hydrogens is 204 g/mol. The Balaban J connectivity index is 2.36. The van der Waals surface area contributed by atoms with Crippen LogP contribution in [0.25, 0.3) is 0 Å². The standard InChI is InChI=1S/C12H22N2O2/c1-12(2,3)16-11(15)10(13)8-9-4-6-14-7-5-9/h9,13-14H,4-8H2,1-3H3. The minimum Gasteiger partial charge on any atom is -0.456 e. The highest BCUT2D eigenvalue weighted by Crippen LogP contribution is 2.17. The monoisotopic (exact) mass is 226 g/mol. The van der Waals surface area contributed by atoms with Crippen molar-refractivity contribution in [3.8, 4) is 0 Å². The molecule has 1 heterocycles. The largest absolute Gasteiger partial charge is 0.456 e. The molecule has 0 saturated carbocycles. The fraction of sp³-hybridized carbons (Fsp3) is 0.833. The summed E-state index contributed by atoms with van der Waals surface area (Å²) in [5.41, 5.74) is -0.390. The lowest BCUT2D eigenvalue weighted by atomic mass is 9.92. The highest BCUT2D eigenvalue weighted by Gasteiger charge is 2.23. The van der Waals surface area contributed by atoms with Crippen molar-refractivity contribution in [2.75, 3.05) is 13.1 Å². The third-order valence-electron chi connectivity index (χ3n) is 2.60. The summed E-state index contributed by atoms with van der Waals surface area (Å²) in [6.45, 7) is 7.45. The second-order valence-corrected chi connectivity index (χ2v) is 5.38. The van der Waals surface area contributed by atoms with Crippen LogP contribution in [0.2, 0.25) is 0 Å². The van der Waals surface area contributed by atoms with Gasteiger partial charge < -0.3 is 10.1 Å². The molecule has 0 aromatic rings. The number of nitrogens with one attached hydrogen (secondary N) is 2. The highest BCUT2D eigenvalue weighted by molar-refractivity contribution is 6.35. The summed E-state index contributed by atoms with van der Waals surface area (Å²) in [5, 5.41) is 11.0. The Hall–Kier alpha value is -0.900. The fourth-order valence-electron chi connectivity index (χ4n) is 1.80. The summed E-state index contributed by atoms with van der Waals surface area (Å²) in [4.78, 5) is 11.6. The third kappa shape index (κ3) is 4.75. The smallest absolute Gasteiger partial charge is 0.352 e. The van der Waals surface area contributed by atoms with Gasteiger partial charge in [0.25, 0.3) is 0 Å². The molecule has 0 aliphatic carbocycles. The molecule has 1 saturated heterocycles. The van der Waals surface area contributed by atoms with Crippen LogP contribution in [-0.4, -0.2) is 30.4 Å². The molecular formula is C12H22N2O2. The van der Waals surface area contributed by atoms with Gasteiger partial charge in [0.1, 0.15) is 11.3 Å². The van der Waals surface area contributed by atoms with Gasteiger partial charge in [-0.2, -0.15) is 0 Å². The molecule has 92 valence electrons. The normalized spacial score (nSPS) is 18.2. The molecule has 1 fully saturated rings. The van der Waals surface area contributed by atoms with Crippen LogP contribution in [0.3, 0.4) is 0 Å². The number of ether oxygens (including phenoxy) is 1. The van der Waals surface area contributed by atoms with Crippen molar-refractivity contribution in [2.24, 2.45) is 5.92 Å². The first-order chi connectivity index (χ1) is 7.38. The van der Waals surface area contributed by atoms with E-state index < -0.39 is 11.6 Å². The zero-order valence-corrected chi connectivity index (χ0v) is 10.4. The summed E-state index contributed by atoms with van der Waals surface area (Å²) in [5.74, 6) is -0.00713. The van der Waals surface area contributed by atoms with E-state index in [1.807, 2.05) is 20.8 Å². The second-order valence-electron chi connectivity index (χ2n) is 5.38. The Morgan fingerprint density at radius 1 is 1.38 bits per heavy atom. The van der Waals surface area contributed by atoms with E-state index in [-0.39, 0.29) is 5.71 Å². The number of esters is 1. The van der Waals surface area contributed by atoms with Crippen molar-refractivity contribution in [2.45, 2.75) is 45.6 Å². The molecule has 1 rings (SSSR count). The van der Waals surface area contributed by atoms with E-state index in [4.69, 9.17) is 10.1 Å². The first-order valence-electron chi connectivity index (χ1n) is 5.90. The van der Waals surface area contributed by atoms with Gasteiger partial charge in [-0.25, -0.2) is 4.79 Å². The van der Waals surface area contributed by atoms with E-state index in [1.54, 1.807) is 0 Å². The number of hydrogen-bond acceptors (Lipinski definition) is 4. The molecule has 4 nitrogen and oxygen atoms in total. The van der Waals surface area contributed by atoms with Crippen LogP contribution < -0.4 is 5.32 Å². The average Bonchev–Trinajstić information content (AvgIpc) is 2.16. The van der Waals surface area contributed by atoms with Crippen molar-refractivity contribution in [1.29, 1.82) is 5.41 Å². The average molecular weight is 226 g/mol. The maximum atomic E-state index is 11.6. The number of carbonyl (C=O) groups excluding carboxylic acids is 1. The number of carbonyl (C=O) groups is 1. The van der Waals surface area contributed by atoms with Crippen LogP contribution >= 0.6 is 0 Å². The summed E-state index contributed by atoms with van der Waals surface area (Å²) in [6.07, 6.45) is 2.65. The molecule has 0 spiro atoms. The lowest BCUT2D eigenvalue weighted by molar-refractivity contribution is -0.146. The first-order valence-corrected chi connectivity index (χ1v) is 5.90. The summed E-state index contributed by atoms with van der Waals surface area (Å²) < 4.78 is 5.16. The predicted octanol–water partition coefficient (Wildman–Crippen LogP) is 1.74. The summed E-state index contributed by atoms with van der Waals surface area (Å²) >= 11 is 0. The Bertz CT molecular complexity index is 263. The van der Waals surface area contributed by atoms with Crippen molar-refractivity contribution < 1.29 is 9.53 Å². The van der Waals surface area contributed by atoms with Gasteiger partial charge in [0, 0.05) is 0 Å². The lowest BCUT2D eigenvalue weighted by Gasteiger charge is -2.24. The van der Waals surface area contributed by atoms with E-state index in [9.17, 15) is 4.79 Å². The maximum absolute atomic E-state index is 11.6. The van der Waals surface area contributed by atoms with Gasteiger partial charge in [0.15, 0.2) is 0 Å². The number of hydrogen-bond donors (Lipinski definition) is 2. The molecule has 4 heteroatoms. The van der Waals surface area contributed by atoms with Gasteiger partial charge in [-0.3, -0.25) is 5.41 Å². The van der Waals surface area contributed by atoms with Gasteiger partial charge >= 0.3 is 5.97 Å². The Kier molecular flexibility index (Phi) is 4.47. The maximum Gasteiger partial charge on any atom is 0.352 e. The van der Waals surface area contributed by atoms with Crippen LogP contribution in [0.5, 0.6) is 0 Å². The van der Waals surface area contributed by atoms with Gasteiger partial charge in [0.05, 0.1) is 0 Å². The molecule has 0 amide bonds. The van der Waals surface area contributed by atoms with Crippen LogP contribution in [0, 0.1) is 11.3 Å². The van der Waals surface area contributed by atoms with Gasteiger partial charge in [-0.1, -0.05) is 0 Å². The number of rotatable bonds is 3. The van der Waals surface area contributed by atoms with Gasteiger partial charge in [-0.05, 0) is 59.0 Å². The fourth-order valence-corrected chi connectivity index (χ4v) is 1.80. The molecule has 0 aromatic carbocycles. The molecule has 0 unspecified atom stereocenters. The summed E-state index contributed by atoms with van der Waals surface area (Å²) in [6, 6.07) is 0. The zero-order chi connectivity index (χ0) is 12.2. The quantitative estimate of drug-likeness (QED) is 0.569. The van der Waals surface area contributed by atoms with Crippen molar-refractivity contribution in [3.63, 3.8) is 0 Å². The van der Waals surface area contributed by atoms with Crippen molar-refractivity contribution in [3.05, 3.63) is 0 Å². The van der Waals surface area contributed by atoms with Crippen molar-refractivity contribution in [1.82, 2.24) is 5.32 Å². The van der Waals surface area contributed by atoms with Gasteiger partial charge in [0.2, 0.25) is 0 Å². The zero-order valence-electron chi connectivity index (χ0n) is 10.4. The minimum absolute atomic E-state index is 0.113. The lowest BCUT2D eigenvalue weighted by Crippen LogP contribution is -2.32. The Labute approximate surface area is 97.3 Å². The predicted molar refractivity (Wildman–Crippen MR) is 63.8 cm³/mol. The van der Waals surface area contributed by atoms with E-state index >= 15 is 0 Å². The number of piperidine rings is 1. The molecule has 0 radical (unpaired) electrons. The van der Waals surface area contributed by atoms with Gasteiger partial charge in [-0.15, -0.1) is 0 Å². The SMILES string of the molecule is CC(C)(C)OC(=O)C(=N)CC1CCNCC1. The van der Waals surface area contributed by atoms with E-state index in [0.717, 1.165) is 25.9 Å². The minimum atomic E-state index is -0.502. The molecule has 0 aromatic heterocycles. The third-order valence-corrected chi connectivity index (χ3v) is 2.60. The van der Waals surface area contributed by atoms with Crippen LogP contribution in [-0.2, 0) is 9.53 Å². The van der Waals surface area contributed by atoms with Crippen LogP contribution in [0.1, 0.15) is 40.0 Å².